The van der Waals surface area contributed by atoms with Crippen molar-refractivity contribution in [3.63, 3.8) is 0 Å². The summed E-state index contributed by atoms with van der Waals surface area (Å²) >= 11 is 0. The van der Waals surface area contributed by atoms with E-state index in [2.05, 4.69) is 15.4 Å². The van der Waals surface area contributed by atoms with E-state index in [1.807, 2.05) is 31.2 Å². The normalized spacial score (nSPS) is 10.0. The van der Waals surface area contributed by atoms with Crippen LogP contribution in [0.4, 0.5) is 0 Å². The maximum Gasteiger partial charge on any atom is 0.118 e. The summed E-state index contributed by atoms with van der Waals surface area (Å²) in [6.45, 7) is 1.96. The summed E-state index contributed by atoms with van der Waals surface area (Å²) in [5.41, 5.74) is 2.88. The molecule has 0 amide bonds. The molecule has 0 aliphatic carbocycles. The van der Waals surface area contributed by atoms with Crippen LogP contribution in [0.5, 0.6) is 5.75 Å². The van der Waals surface area contributed by atoms with Crippen LogP contribution in [0.2, 0.25) is 0 Å². The van der Waals surface area contributed by atoms with Crippen molar-refractivity contribution in [1.82, 2.24) is 15.4 Å². The largest absolute Gasteiger partial charge is 0.497 e. The molecule has 2 aromatic rings. The van der Waals surface area contributed by atoms with Gasteiger partial charge >= 0.3 is 0 Å². The van der Waals surface area contributed by atoms with E-state index < -0.39 is 0 Å². The van der Waals surface area contributed by atoms with Gasteiger partial charge in [-0.2, -0.15) is 0 Å². The van der Waals surface area contributed by atoms with Crippen molar-refractivity contribution in [2.24, 2.45) is 0 Å². The maximum atomic E-state index is 5.09. The van der Waals surface area contributed by atoms with Crippen LogP contribution in [0.25, 0.3) is 11.3 Å². The molecule has 0 radical (unpaired) electrons. The Bertz CT molecular complexity index is 454. The van der Waals surface area contributed by atoms with Gasteiger partial charge < -0.3 is 4.74 Å². The lowest BCUT2D eigenvalue weighted by atomic mass is 10.1. The zero-order valence-electron chi connectivity index (χ0n) is 8.64. The summed E-state index contributed by atoms with van der Waals surface area (Å²) in [5.74, 6) is 0.832. The first kappa shape index (κ1) is 9.58. The van der Waals surface area contributed by atoms with Crippen molar-refractivity contribution in [2.75, 3.05) is 7.11 Å². The fourth-order valence-corrected chi connectivity index (χ4v) is 1.36. The summed E-state index contributed by atoms with van der Waals surface area (Å²) in [6, 6.07) is 7.71. The van der Waals surface area contributed by atoms with E-state index in [-0.39, 0.29) is 0 Å². The molecule has 4 heteroatoms. The summed E-state index contributed by atoms with van der Waals surface area (Å²) in [7, 11) is 1.65. The Morgan fingerprint density at radius 3 is 2.47 bits per heavy atom. The van der Waals surface area contributed by atoms with E-state index >= 15 is 0 Å². The molecule has 0 atom stereocenters. The highest BCUT2D eigenvalue weighted by Gasteiger charge is 2.03. The molecule has 15 heavy (non-hydrogen) atoms. The van der Waals surface area contributed by atoms with Crippen LogP contribution in [0.3, 0.4) is 0 Å². The Kier molecular flexibility index (Phi) is 2.58. The highest BCUT2D eigenvalue weighted by Crippen LogP contribution is 2.21. The maximum absolute atomic E-state index is 5.09. The molecule has 0 spiro atoms. The van der Waals surface area contributed by atoms with Gasteiger partial charge in [-0.05, 0) is 42.0 Å². The Hall–Kier alpha value is -1.97. The van der Waals surface area contributed by atoms with E-state index in [1.54, 1.807) is 13.3 Å². The van der Waals surface area contributed by atoms with Crippen LogP contribution in [0, 0.1) is 6.92 Å². The van der Waals surface area contributed by atoms with Crippen LogP contribution in [-0.2, 0) is 0 Å². The van der Waals surface area contributed by atoms with Gasteiger partial charge in [-0.15, -0.1) is 10.2 Å². The van der Waals surface area contributed by atoms with Crippen LogP contribution in [0.15, 0.2) is 30.5 Å². The van der Waals surface area contributed by atoms with Crippen molar-refractivity contribution in [1.29, 1.82) is 0 Å². The van der Waals surface area contributed by atoms with E-state index in [0.717, 1.165) is 22.6 Å². The van der Waals surface area contributed by atoms with Gasteiger partial charge in [-0.1, -0.05) is 0 Å². The molecule has 1 aromatic heterocycles. The first-order chi connectivity index (χ1) is 7.31. The Morgan fingerprint density at radius 1 is 1.13 bits per heavy atom. The van der Waals surface area contributed by atoms with Crippen molar-refractivity contribution in [2.45, 2.75) is 6.92 Å². The first-order valence-electron chi connectivity index (χ1n) is 4.60. The Morgan fingerprint density at radius 2 is 1.87 bits per heavy atom. The topological polar surface area (TPSA) is 47.9 Å². The quantitative estimate of drug-likeness (QED) is 0.744. The molecule has 0 fully saturated rings. The van der Waals surface area contributed by atoms with Gasteiger partial charge in [0.1, 0.15) is 5.75 Å². The monoisotopic (exact) mass is 201 g/mol. The third kappa shape index (κ3) is 1.93. The number of rotatable bonds is 2. The predicted octanol–water partition coefficient (Wildman–Crippen LogP) is 1.86. The number of methoxy groups -OCH3 is 1. The van der Waals surface area contributed by atoms with Crippen molar-refractivity contribution in [3.8, 4) is 17.0 Å². The molecule has 1 heterocycles. The number of nitrogens with zero attached hydrogens (tertiary/aromatic N) is 3. The molecule has 76 valence electrons. The molecular weight excluding hydrogens is 190 g/mol. The van der Waals surface area contributed by atoms with E-state index in [1.165, 1.54) is 0 Å². The first-order valence-corrected chi connectivity index (χ1v) is 4.60. The SMILES string of the molecule is COc1ccc(-c2nnncc2C)cc1. The molecular formula is C11H11N3O. The summed E-state index contributed by atoms with van der Waals surface area (Å²) in [5, 5.41) is 11.4. The molecule has 1 aromatic carbocycles. The third-order valence-corrected chi connectivity index (χ3v) is 2.18. The minimum atomic E-state index is 0.832. The fourth-order valence-electron chi connectivity index (χ4n) is 1.36. The predicted molar refractivity (Wildman–Crippen MR) is 56.6 cm³/mol. The lowest BCUT2D eigenvalue weighted by Gasteiger charge is -2.03. The average molecular weight is 201 g/mol. The molecule has 0 saturated heterocycles. The molecule has 4 nitrogen and oxygen atoms in total. The second kappa shape index (κ2) is 4.04. The summed E-state index contributed by atoms with van der Waals surface area (Å²) in [6.07, 6.45) is 1.70. The lowest BCUT2D eigenvalue weighted by Crippen LogP contribution is -1.93. The van der Waals surface area contributed by atoms with Gasteiger partial charge in [-0.25, -0.2) is 0 Å². The molecule has 0 saturated carbocycles. The van der Waals surface area contributed by atoms with Crippen LogP contribution < -0.4 is 4.74 Å². The zero-order chi connectivity index (χ0) is 10.7. The second-order valence-corrected chi connectivity index (χ2v) is 3.19. The Labute approximate surface area is 87.9 Å². The van der Waals surface area contributed by atoms with E-state index in [0.29, 0.717) is 0 Å². The molecule has 0 bridgehead atoms. The van der Waals surface area contributed by atoms with Gasteiger partial charge in [0.25, 0.3) is 0 Å². The third-order valence-electron chi connectivity index (χ3n) is 2.18. The van der Waals surface area contributed by atoms with Gasteiger partial charge in [0.15, 0.2) is 0 Å². The van der Waals surface area contributed by atoms with Crippen molar-refractivity contribution < 1.29 is 4.74 Å². The standard InChI is InChI=1S/C11H11N3O/c1-8-7-12-14-13-11(8)9-3-5-10(15-2)6-4-9/h3-7H,1-2H3. The second-order valence-electron chi connectivity index (χ2n) is 3.19. The van der Waals surface area contributed by atoms with Crippen LogP contribution >= 0.6 is 0 Å². The van der Waals surface area contributed by atoms with Crippen molar-refractivity contribution in [3.05, 3.63) is 36.0 Å². The van der Waals surface area contributed by atoms with E-state index in [9.17, 15) is 0 Å². The molecule has 0 aliphatic heterocycles. The highest BCUT2D eigenvalue weighted by molar-refractivity contribution is 5.62. The zero-order valence-corrected chi connectivity index (χ0v) is 8.64. The van der Waals surface area contributed by atoms with Crippen molar-refractivity contribution >= 4 is 0 Å². The molecule has 2 rings (SSSR count). The highest BCUT2D eigenvalue weighted by atomic mass is 16.5. The number of hydrogen-bond acceptors (Lipinski definition) is 4. The average Bonchev–Trinajstić information content (AvgIpc) is 2.30. The molecule has 0 unspecified atom stereocenters. The number of aromatic nitrogens is 3. The fraction of sp³-hybridized carbons (Fsp3) is 0.182. The van der Waals surface area contributed by atoms with Gasteiger partial charge in [0, 0.05) is 5.56 Å². The van der Waals surface area contributed by atoms with Gasteiger partial charge in [0.05, 0.1) is 19.0 Å². The minimum absolute atomic E-state index is 0.832. The number of hydrogen-bond donors (Lipinski definition) is 0. The summed E-state index contributed by atoms with van der Waals surface area (Å²) in [4.78, 5) is 0. The number of aryl methyl sites for hydroxylation is 1. The van der Waals surface area contributed by atoms with Crippen LogP contribution in [-0.4, -0.2) is 22.5 Å². The molecule has 0 N–H and O–H groups in total. The minimum Gasteiger partial charge on any atom is -0.497 e. The van der Waals surface area contributed by atoms with Gasteiger partial charge in [0.2, 0.25) is 0 Å². The van der Waals surface area contributed by atoms with Crippen LogP contribution in [0.1, 0.15) is 5.56 Å². The number of ether oxygens (including phenoxy) is 1. The van der Waals surface area contributed by atoms with E-state index in [4.69, 9.17) is 4.74 Å². The van der Waals surface area contributed by atoms with Gasteiger partial charge in [-0.3, -0.25) is 0 Å². The lowest BCUT2D eigenvalue weighted by molar-refractivity contribution is 0.415. The Balaban J connectivity index is 2.42. The smallest absolute Gasteiger partial charge is 0.118 e. The summed E-state index contributed by atoms with van der Waals surface area (Å²) < 4.78 is 5.09. The molecule has 0 aliphatic rings. The number of benzene rings is 1.